The van der Waals surface area contributed by atoms with Gasteiger partial charge in [-0.2, -0.15) is 0 Å². The molecule has 0 amide bonds. The van der Waals surface area contributed by atoms with E-state index in [1.807, 2.05) is 0 Å². The fourth-order valence-electron chi connectivity index (χ4n) is 1.81. The molecule has 3 heterocycles. The molecular weight excluding hydrogens is 98.1 g/mol. The largest absolute Gasteiger partial charge is 0.303 e. The monoisotopic (exact) mass is 111 g/mol. The molecule has 0 unspecified atom stereocenters. The third-order valence-corrected chi connectivity index (χ3v) is 2.37. The minimum atomic E-state index is 1.09. The van der Waals surface area contributed by atoms with Gasteiger partial charge in [0.1, 0.15) is 0 Å². The van der Waals surface area contributed by atoms with Crippen LogP contribution in [0.4, 0.5) is 0 Å². The standard InChI is InChI=1S/C7H13N/c1-2-4-8-5-7(3-1)6-8/h7H,1-6H2. The molecule has 0 aliphatic carbocycles. The maximum absolute atomic E-state index is 2.57. The molecular formula is C7H13N. The Kier molecular flexibility index (Phi) is 1.04. The van der Waals surface area contributed by atoms with Crippen LogP contribution in [0.15, 0.2) is 0 Å². The average molecular weight is 111 g/mol. The second-order valence-electron chi connectivity index (χ2n) is 3.12. The Hall–Kier alpha value is -0.0400. The number of nitrogens with zero attached hydrogens (tertiary/aromatic N) is 1. The van der Waals surface area contributed by atoms with E-state index in [4.69, 9.17) is 0 Å². The highest BCUT2D eigenvalue weighted by Gasteiger charge is 2.27. The fraction of sp³-hybridized carbons (Fsp3) is 1.00. The summed E-state index contributed by atoms with van der Waals surface area (Å²) in [6.07, 6.45) is 4.45. The Labute approximate surface area is 50.7 Å². The van der Waals surface area contributed by atoms with Crippen molar-refractivity contribution in [2.45, 2.75) is 19.3 Å². The van der Waals surface area contributed by atoms with E-state index in [-0.39, 0.29) is 0 Å². The van der Waals surface area contributed by atoms with E-state index in [1.54, 1.807) is 0 Å². The van der Waals surface area contributed by atoms with Crippen molar-refractivity contribution in [1.82, 2.24) is 4.90 Å². The molecule has 0 N–H and O–H groups in total. The summed E-state index contributed by atoms with van der Waals surface area (Å²) in [7, 11) is 0. The normalized spacial score (nSPS) is 45.0. The molecule has 3 saturated heterocycles. The first-order valence-corrected chi connectivity index (χ1v) is 3.67. The van der Waals surface area contributed by atoms with E-state index < -0.39 is 0 Å². The molecule has 2 bridgehead atoms. The molecule has 1 heteroatoms. The molecule has 3 rings (SSSR count). The summed E-state index contributed by atoms with van der Waals surface area (Å²) in [5, 5.41) is 0. The van der Waals surface area contributed by atoms with Crippen molar-refractivity contribution in [2.75, 3.05) is 19.6 Å². The Morgan fingerprint density at radius 1 is 1.12 bits per heavy atom. The van der Waals surface area contributed by atoms with Gasteiger partial charge in [-0.15, -0.1) is 0 Å². The SMILES string of the molecule is C1CCN2CC(C1)C2. The van der Waals surface area contributed by atoms with Gasteiger partial charge in [-0.25, -0.2) is 0 Å². The summed E-state index contributed by atoms with van der Waals surface area (Å²) >= 11 is 0. The van der Waals surface area contributed by atoms with Gasteiger partial charge in [0.25, 0.3) is 0 Å². The first-order chi connectivity index (χ1) is 3.95. The second kappa shape index (κ2) is 1.73. The molecule has 8 heavy (non-hydrogen) atoms. The molecule has 46 valence electrons. The van der Waals surface area contributed by atoms with Crippen molar-refractivity contribution in [3.63, 3.8) is 0 Å². The summed E-state index contributed by atoms with van der Waals surface area (Å²) < 4.78 is 0. The van der Waals surface area contributed by atoms with Crippen LogP contribution in [0.5, 0.6) is 0 Å². The van der Waals surface area contributed by atoms with Crippen molar-refractivity contribution >= 4 is 0 Å². The van der Waals surface area contributed by atoms with E-state index in [2.05, 4.69) is 4.90 Å². The minimum Gasteiger partial charge on any atom is -0.303 e. The highest BCUT2D eigenvalue weighted by molar-refractivity contribution is 4.82. The Morgan fingerprint density at radius 3 is 2.88 bits per heavy atom. The highest BCUT2D eigenvalue weighted by atomic mass is 15.2. The van der Waals surface area contributed by atoms with Crippen molar-refractivity contribution in [2.24, 2.45) is 5.92 Å². The molecule has 0 aromatic carbocycles. The van der Waals surface area contributed by atoms with Crippen LogP contribution in [-0.4, -0.2) is 24.5 Å². The molecule has 3 aliphatic heterocycles. The lowest BCUT2D eigenvalue weighted by molar-refractivity contribution is 0.118. The summed E-state index contributed by atoms with van der Waals surface area (Å²) in [6, 6.07) is 0. The zero-order valence-corrected chi connectivity index (χ0v) is 5.27. The second-order valence-corrected chi connectivity index (χ2v) is 3.12. The molecule has 0 atom stereocenters. The van der Waals surface area contributed by atoms with Crippen molar-refractivity contribution in [1.29, 1.82) is 0 Å². The fourth-order valence-corrected chi connectivity index (χ4v) is 1.81. The van der Waals surface area contributed by atoms with Gasteiger partial charge in [0, 0.05) is 13.1 Å². The Bertz CT molecular complexity index is 68.9. The van der Waals surface area contributed by atoms with Crippen molar-refractivity contribution in [3.8, 4) is 0 Å². The van der Waals surface area contributed by atoms with E-state index in [1.165, 1.54) is 38.9 Å². The van der Waals surface area contributed by atoms with Gasteiger partial charge >= 0.3 is 0 Å². The maximum atomic E-state index is 2.57. The third kappa shape index (κ3) is 0.655. The van der Waals surface area contributed by atoms with Gasteiger partial charge in [0.2, 0.25) is 0 Å². The number of hydrogen-bond acceptors (Lipinski definition) is 1. The zero-order chi connectivity index (χ0) is 5.40. The first kappa shape index (κ1) is 4.80. The molecule has 0 saturated carbocycles. The topological polar surface area (TPSA) is 3.24 Å². The lowest BCUT2D eigenvalue weighted by Gasteiger charge is -2.36. The van der Waals surface area contributed by atoms with Gasteiger partial charge < -0.3 is 4.90 Å². The molecule has 0 aromatic heterocycles. The molecule has 3 aliphatic rings. The van der Waals surface area contributed by atoms with Gasteiger partial charge in [0.15, 0.2) is 0 Å². The van der Waals surface area contributed by atoms with Gasteiger partial charge in [-0.3, -0.25) is 0 Å². The number of fused-ring (bicyclic) bond motifs is 3. The molecule has 0 radical (unpaired) electrons. The van der Waals surface area contributed by atoms with Crippen LogP contribution in [0, 0.1) is 5.92 Å². The van der Waals surface area contributed by atoms with Crippen LogP contribution in [0.1, 0.15) is 19.3 Å². The predicted octanol–water partition coefficient (Wildman–Crippen LogP) is 1.10. The van der Waals surface area contributed by atoms with Crippen molar-refractivity contribution < 1.29 is 0 Å². The Balaban J connectivity index is 1.95. The lowest BCUT2D eigenvalue weighted by atomic mass is 9.98. The third-order valence-electron chi connectivity index (χ3n) is 2.37. The van der Waals surface area contributed by atoms with Gasteiger partial charge in [0.05, 0.1) is 0 Å². The van der Waals surface area contributed by atoms with E-state index in [0.717, 1.165) is 5.92 Å². The minimum absolute atomic E-state index is 1.09. The van der Waals surface area contributed by atoms with E-state index >= 15 is 0 Å². The van der Waals surface area contributed by atoms with E-state index in [0.29, 0.717) is 0 Å². The van der Waals surface area contributed by atoms with Gasteiger partial charge in [-0.1, -0.05) is 6.42 Å². The number of hydrogen-bond donors (Lipinski definition) is 0. The molecule has 0 aromatic rings. The van der Waals surface area contributed by atoms with Crippen LogP contribution in [0.3, 0.4) is 0 Å². The van der Waals surface area contributed by atoms with Crippen LogP contribution >= 0.6 is 0 Å². The summed E-state index contributed by atoms with van der Waals surface area (Å²) in [5.74, 6) is 1.09. The van der Waals surface area contributed by atoms with Crippen LogP contribution < -0.4 is 0 Å². The maximum Gasteiger partial charge on any atom is 0.00220 e. The smallest absolute Gasteiger partial charge is 0.00220 e. The molecule has 0 spiro atoms. The first-order valence-electron chi connectivity index (χ1n) is 3.67. The van der Waals surface area contributed by atoms with E-state index in [9.17, 15) is 0 Å². The van der Waals surface area contributed by atoms with Crippen LogP contribution in [0.2, 0.25) is 0 Å². The zero-order valence-electron chi connectivity index (χ0n) is 5.27. The summed E-state index contributed by atoms with van der Waals surface area (Å²) in [5.41, 5.74) is 0. The highest BCUT2D eigenvalue weighted by Crippen LogP contribution is 2.25. The van der Waals surface area contributed by atoms with Crippen LogP contribution in [-0.2, 0) is 0 Å². The summed E-state index contributed by atoms with van der Waals surface area (Å²) in [6.45, 7) is 4.22. The number of rotatable bonds is 0. The molecule has 1 nitrogen and oxygen atoms in total. The van der Waals surface area contributed by atoms with Gasteiger partial charge in [-0.05, 0) is 25.3 Å². The average Bonchev–Trinajstić information content (AvgIpc) is 1.89. The Morgan fingerprint density at radius 2 is 2.00 bits per heavy atom. The van der Waals surface area contributed by atoms with Crippen molar-refractivity contribution in [3.05, 3.63) is 0 Å². The quantitative estimate of drug-likeness (QED) is 0.452. The summed E-state index contributed by atoms with van der Waals surface area (Å²) in [4.78, 5) is 2.57. The predicted molar refractivity (Wildman–Crippen MR) is 33.8 cm³/mol. The lowest BCUT2D eigenvalue weighted by Crippen LogP contribution is -2.44. The molecule has 3 fully saturated rings. The van der Waals surface area contributed by atoms with Crippen LogP contribution in [0.25, 0.3) is 0 Å².